The SMILES string of the molecule is COc1ccc(CN(Cc2ccccc2F)C(=O)N[C@H]2CCOC2)cc1OC. The molecular formula is C21H25FN2O4. The monoisotopic (exact) mass is 388 g/mol. The molecule has 2 aromatic rings. The lowest BCUT2D eigenvalue weighted by Gasteiger charge is -2.25. The van der Waals surface area contributed by atoms with E-state index in [1.165, 1.54) is 6.07 Å². The molecule has 6 nitrogen and oxygen atoms in total. The topological polar surface area (TPSA) is 60.0 Å². The highest BCUT2D eigenvalue weighted by Gasteiger charge is 2.23. The number of hydrogen-bond donors (Lipinski definition) is 1. The predicted octanol–water partition coefficient (Wildman–Crippen LogP) is 3.34. The lowest BCUT2D eigenvalue weighted by Crippen LogP contribution is -2.44. The molecule has 0 bridgehead atoms. The molecule has 1 aliphatic rings. The second-order valence-corrected chi connectivity index (χ2v) is 6.65. The van der Waals surface area contributed by atoms with Crippen LogP contribution in [0, 0.1) is 5.82 Å². The van der Waals surface area contributed by atoms with Gasteiger partial charge in [-0.3, -0.25) is 0 Å². The van der Waals surface area contributed by atoms with Gasteiger partial charge in [0.2, 0.25) is 0 Å². The zero-order valence-corrected chi connectivity index (χ0v) is 16.1. The van der Waals surface area contributed by atoms with E-state index in [0.717, 1.165) is 12.0 Å². The lowest BCUT2D eigenvalue weighted by molar-refractivity contribution is 0.174. The van der Waals surface area contributed by atoms with Crippen LogP contribution in [0.5, 0.6) is 11.5 Å². The largest absolute Gasteiger partial charge is 0.493 e. The highest BCUT2D eigenvalue weighted by molar-refractivity contribution is 5.74. The number of halogens is 1. The first-order valence-electron chi connectivity index (χ1n) is 9.18. The van der Waals surface area contributed by atoms with E-state index in [1.807, 2.05) is 12.1 Å². The zero-order valence-electron chi connectivity index (χ0n) is 16.1. The van der Waals surface area contributed by atoms with Crippen LogP contribution in [0.4, 0.5) is 9.18 Å². The molecule has 1 fully saturated rings. The van der Waals surface area contributed by atoms with Gasteiger partial charge in [0.1, 0.15) is 5.82 Å². The summed E-state index contributed by atoms with van der Waals surface area (Å²) in [5.74, 6) is 0.853. The molecule has 1 heterocycles. The smallest absolute Gasteiger partial charge is 0.318 e. The van der Waals surface area contributed by atoms with Gasteiger partial charge in [-0.15, -0.1) is 0 Å². The van der Waals surface area contributed by atoms with Crippen molar-refractivity contribution in [2.75, 3.05) is 27.4 Å². The van der Waals surface area contributed by atoms with E-state index in [4.69, 9.17) is 14.2 Å². The van der Waals surface area contributed by atoms with Gasteiger partial charge in [0, 0.05) is 18.7 Å². The average Bonchev–Trinajstić information content (AvgIpc) is 3.21. The van der Waals surface area contributed by atoms with Crippen molar-refractivity contribution in [1.82, 2.24) is 10.2 Å². The fraction of sp³-hybridized carbons (Fsp3) is 0.381. The third-order valence-electron chi connectivity index (χ3n) is 4.68. The Hall–Kier alpha value is -2.80. The third kappa shape index (κ3) is 4.92. The van der Waals surface area contributed by atoms with Gasteiger partial charge < -0.3 is 24.4 Å². The molecule has 1 aliphatic heterocycles. The van der Waals surface area contributed by atoms with Gasteiger partial charge in [-0.05, 0) is 30.2 Å². The number of hydrogen-bond acceptors (Lipinski definition) is 4. The van der Waals surface area contributed by atoms with E-state index >= 15 is 0 Å². The van der Waals surface area contributed by atoms with E-state index in [2.05, 4.69) is 5.32 Å². The van der Waals surface area contributed by atoms with Crippen molar-refractivity contribution >= 4 is 6.03 Å². The summed E-state index contributed by atoms with van der Waals surface area (Å²) in [7, 11) is 3.13. The minimum absolute atomic E-state index is 0.0268. The van der Waals surface area contributed by atoms with Gasteiger partial charge in [0.15, 0.2) is 11.5 Å². The zero-order chi connectivity index (χ0) is 19.9. The highest BCUT2D eigenvalue weighted by Crippen LogP contribution is 2.28. The maximum atomic E-state index is 14.2. The normalized spacial score (nSPS) is 15.9. The first-order valence-corrected chi connectivity index (χ1v) is 9.18. The van der Waals surface area contributed by atoms with Gasteiger partial charge in [-0.1, -0.05) is 24.3 Å². The summed E-state index contributed by atoms with van der Waals surface area (Å²) in [5, 5.41) is 2.97. The number of methoxy groups -OCH3 is 2. The number of carbonyl (C=O) groups is 1. The molecular weight excluding hydrogens is 363 g/mol. The first kappa shape index (κ1) is 19.9. The molecule has 3 rings (SSSR count). The molecule has 2 amide bonds. The summed E-state index contributed by atoms with van der Waals surface area (Å²) in [4.78, 5) is 14.5. The molecule has 0 saturated carbocycles. The number of urea groups is 1. The Morgan fingerprint density at radius 1 is 1.18 bits per heavy atom. The van der Waals surface area contributed by atoms with E-state index < -0.39 is 0 Å². The van der Waals surface area contributed by atoms with Gasteiger partial charge in [-0.25, -0.2) is 9.18 Å². The van der Waals surface area contributed by atoms with Crippen molar-refractivity contribution in [1.29, 1.82) is 0 Å². The van der Waals surface area contributed by atoms with E-state index in [9.17, 15) is 9.18 Å². The Labute approximate surface area is 164 Å². The van der Waals surface area contributed by atoms with Crippen molar-refractivity contribution in [3.05, 3.63) is 59.4 Å². The van der Waals surface area contributed by atoms with E-state index in [1.54, 1.807) is 43.4 Å². The molecule has 1 atom stereocenters. The van der Waals surface area contributed by atoms with Crippen LogP contribution in [0.3, 0.4) is 0 Å². The van der Waals surface area contributed by atoms with Crippen LogP contribution in [0.25, 0.3) is 0 Å². The molecule has 28 heavy (non-hydrogen) atoms. The number of nitrogens with zero attached hydrogens (tertiary/aromatic N) is 1. The van der Waals surface area contributed by atoms with Crippen LogP contribution in [0.2, 0.25) is 0 Å². The molecule has 0 radical (unpaired) electrons. The number of ether oxygens (including phenoxy) is 3. The minimum Gasteiger partial charge on any atom is -0.493 e. The van der Waals surface area contributed by atoms with Crippen molar-refractivity contribution in [2.24, 2.45) is 0 Å². The molecule has 7 heteroatoms. The van der Waals surface area contributed by atoms with Crippen molar-refractivity contribution in [3.8, 4) is 11.5 Å². The van der Waals surface area contributed by atoms with Gasteiger partial charge in [-0.2, -0.15) is 0 Å². The second-order valence-electron chi connectivity index (χ2n) is 6.65. The van der Waals surface area contributed by atoms with Crippen LogP contribution >= 0.6 is 0 Å². The number of amides is 2. The standard InChI is InChI=1S/C21H25FN2O4/c1-26-19-8-7-15(11-20(19)27-2)12-24(13-16-5-3-4-6-18(16)22)21(25)23-17-9-10-28-14-17/h3-8,11,17H,9-10,12-14H2,1-2H3,(H,23,25)/t17-/m0/s1. The molecule has 2 aromatic carbocycles. The van der Waals surface area contributed by atoms with Crippen LogP contribution in [0.15, 0.2) is 42.5 Å². The molecule has 0 aliphatic carbocycles. The van der Waals surface area contributed by atoms with Crippen LogP contribution < -0.4 is 14.8 Å². The van der Waals surface area contributed by atoms with Gasteiger partial charge >= 0.3 is 6.03 Å². The third-order valence-corrected chi connectivity index (χ3v) is 4.68. The molecule has 1 saturated heterocycles. The number of carbonyl (C=O) groups excluding carboxylic acids is 1. The van der Waals surface area contributed by atoms with E-state index in [0.29, 0.717) is 36.8 Å². The van der Waals surface area contributed by atoms with E-state index in [-0.39, 0.29) is 24.4 Å². The predicted molar refractivity (Wildman–Crippen MR) is 103 cm³/mol. The van der Waals surface area contributed by atoms with Crippen LogP contribution in [0.1, 0.15) is 17.5 Å². The Morgan fingerprint density at radius 2 is 1.96 bits per heavy atom. The fourth-order valence-corrected chi connectivity index (χ4v) is 3.15. The first-order chi connectivity index (χ1) is 13.6. The van der Waals surface area contributed by atoms with Crippen molar-refractivity contribution in [3.63, 3.8) is 0 Å². The molecule has 150 valence electrons. The van der Waals surface area contributed by atoms with Gasteiger partial charge in [0.25, 0.3) is 0 Å². The average molecular weight is 388 g/mol. The summed E-state index contributed by atoms with van der Waals surface area (Å²) in [6.45, 7) is 1.58. The van der Waals surface area contributed by atoms with Crippen LogP contribution in [-0.4, -0.2) is 44.4 Å². The Kier molecular flexibility index (Phi) is 6.71. The molecule has 0 unspecified atom stereocenters. The fourth-order valence-electron chi connectivity index (χ4n) is 3.15. The van der Waals surface area contributed by atoms with Crippen LogP contribution in [-0.2, 0) is 17.8 Å². The molecule has 0 aromatic heterocycles. The van der Waals surface area contributed by atoms with Gasteiger partial charge in [0.05, 0.1) is 33.4 Å². The maximum absolute atomic E-state index is 14.2. The summed E-state index contributed by atoms with van der Waals surface area (Å²) < 4.78 is 30.1. The Balaban J connectivity index is 1.80. The quantitative estimate of drug-likeness (QED) is 0.790. The van der Waals surface area contributed by atoms with Crippen molar-refractivity contribution in [2.45, 2.75) is 25.6 Å². The second kappa shape index (κ2) is 9.41. The summed E-state index contributed by atoms with van der Waals surface area (Å²) in [6, 6.07) is 11.7. The number of benzene rings is 2. The lowest BCUT2D eigenvalue weighted by atomic mass is 10.1. The Morgan fingerprint density at radius 3 is 2.64 bits per heavy atom. The highest BCUT2D eigenvalue weighted by atomic mass is 19.1. The molecule has 0 spiro atoms. The summed E-state index contributed by atoms with van der Waals surface area (Å²) in [6.07, 6.45) is 0.773. The number of nitrogens with one attached hydrogen (secondary N) is 1. The maximum Gasteiger partial charge on any atom is 0.318 e. The summed E-state index contributed by atoms with van der Waals surface area (Å²) >= 11 is 0. The van der Waals surface area contributed by atoms with Crippen molar-refractivity contribution < 1.29 is 23.4 Å². The Bertz CT molecular complexity index is 809. The number of rotatable bonds is 7. The minimum atomic E-state index is -0.336. The summed E-state index contributed by atoms with van der Waals surface area (Å²) in [5.41, 5.74) is 1.31. The molecule has 1 N–H and O–H groups in total.